The third-order valence-corrected chi connectivity index (χ3v) is 6.28. The number of phenolic OH excluding ortho intramolecular Hbond substituents is 1. The number of carbonyl (C=O) groups is 1. The Kier molecular flexibility index (Phi) is 4.85. The van der Waals surface area contributed by atoms with Crippen LogP contribution in [-0.2, 0) is 4.79 Å². The lowest BCUT2D eigenvalue weighted by atomic mass is 9.68. The van der Waals surface area contributed by atoms with Crippen molar-refractivity contribution in [2.45, 2.75) is 32.7 Å². The van der Waals surface area contributed by atoms with Crippen LogP contribution in [0.2, 0.25) is 0 Å². The van der Waals surface area contributed by atoms with E-state index < -0.39 is 0 Å². The van der Waals surface area contributed by atoms with Crippen LogP contribution in [0.5, 0.6) is 11.5 Å². The Morgan fingerprint density at radius 3 is 2.75 bits per heavy atom. The molecule has 1 fully saturated rings. The summed E-state index contributed by atoms with van der Waals surface area (Å²) in [5.74, 6) is 0.377. The maximum Gasteiger partial charge on any atom is 0.171 e. The molecule has 5 nitrogen and oxygen atoms in total. The third-order valence-electron chi connectivity index (χ3n) is 5.46. The second kappa shape index (κ2) is 7.06. The van der Waals surface area contributed by atoms with Gasteiger partial charge in [-0.25, -0.2) is 0 Å². The SMILES string of the molecule is COc1cc([C@@H]2Nc3ccccc3N=C3CC(C)(C)CC(=O)[C@@H]32)cc(I)c1O. The topological polar surface area (TPSA) is 70.9 Å². The molecule has 1 aliphatic carbocycles. The van der Waals surface area contributed by atoms with Crippen LogP contribution in [0.3, 0.4) is 0 Å². The Hall–Kier alpha value is -2.09. The number of methoxy groups -OCH3 is 1. The first-order valence-corrected chi connectivity index (χ1v) is 10.4. The fourth-order valence-corrected chi connectivity index (χ4v) is 4.85. The van der Waals surface area contributed by atoms with Gasteiger partial charge in [-0.1, -0.05) is 26.0 Å². The van der Waals surface area contributed by atoms with Crippen molar-refractivity contribution in [1.82, 2.24) is 0 Å². The maximum atomic E-state index is 13.2. The third kappa shape index (κ3) is 3.38. The number of phenols is 1. The van der Waals surface area contributed by atoms with Gasteiger partial charge in [0.1, 0.15) is 5.78 Å². The number of ether oxygens (including phenoxy) is 1. The molecule has 4 rings (SSSR count). The molecule has 2 aromatic rings. The average Bonchev–Trinajstić information content (AvgIpc) is 2.79. The fourth-order valence-electron chi connectivity index (χ4n) is 4.22. The first-order valence-electron chi connectivity index (χ1n) is 9.31. The quantitative estimate of drug-likeness (QED) is 0.565. The highest BCUT2D eigenvalue weighted by Crippen LogP contribution is 2.46. The zero-order chi connectivity index (χ0) is 20.1. The molecular formula is C22H23IN2O3. The molecule has 0 saturated heterocycles. The van der Waals surface area contributed by atoms with Crippen molar-refractivity contribution < 1.29 is 14.6 Å². The van der Waals surface area contributed by atoms with Crippen LogP contribution in [0, 0.1) is 14.9 Å². The predicted molar refractivity (Wildman–Crippen MR) is 119 cm³/mol. The van der Waals surface area contributed by atoms with Crippen molar-refractivity contribution in [1.29, 1.82) is 0 Å². The van der Waals surface area contributed by atoms with E-state index in [4.69, 9.17) is 9.73 Å². The molecule has 2 aliphatic rings. The lowest BCUT2D eigenvalue weighted by Gasteiger charge is -2.37. The van der Waals surface area contributed by atoms with Gasteiger partial charge in [0.15, 0.2) is 11.5 Å². The van der Waals surface area contributed by atoms with Crippen molar-refractivity contribution >= 4 is 45.5 Å². The van der Waals surface area contributed by atoms with Crippen molar-refractivity contribution in [3.8, 4) is 11.5 Å². The molecule has 6 heteroatoms. The number of benzene rings is 2. The minimum absolute atomic E-state index is 0.0999. The lowest BCUT2D eigenvalue weighted by Crippen LogP contribution is -2.42. The number of rotatable bonds is 2. The van der Waals surface area contributed by atoms with Gasteiger partial charge in [0.05, 0.1) is 34.0 Å². The number of anilines is 1. The maximum absolute atomic E-state index is 13.2. The van der Waals surface area contributed by atoms with Gasteiger partial charge in [0.2, 0.25) is 0 Å². The van der Waals surface area contributed by atoms with Crippen LogP contribution in [0.4, 0.5) is 11.4 Å². The van der Waals surface area contributed by atoms with Gasteiger partial charge in [-0.15, -0.1) is 0 Å². The van der Waals surface area contributed by atoms with E-state index in [1.807, 2.05) is 36.4 Å². The fraction of sp³-hybridized carbons (Fsp3) is 0.364. The van der Waals surface area contributed by atoms with Gasteiger partial charge < -0.3 is 15.2 Å². The Morgan fingerprint density at radius 1 is 1.25 bits per heavy atom. The molecule has 0 radical (unpaired) electrons. The molecule has 0 amide bonds. The van der Waals surface area contributed by atoms with E-state index in [-0.39, 0.29) is 28.9 Å². The Labute approximate surface area is 178 Å². The van der Waals surface area contributed by atoms with Crippen LogP contribution in [0.15, 0.2) is 41.4 Å². The molecule has 1 heterocycles. The van der Waals surface area contributed by atoms with Gasteiger partial charge >= 0.3 is 0 Å². The number of fused-ring (bicyclic) bond motifs is 2. The first kappa shape index (κ1) is 19.2. The minimum Gasteiger partial charge on any atom is -0.504 e. The number of para-hydroxylation sites is 2. The summed E-state index contributed by atoms with van der Waals surface area (Å²) >= 11 is 2.09. The zero-order valence-electron chi connectivity index (χ0n) is 16.1. The molecule has 2 aromatic carbocycles. The number of Topliss-reactive ketones (excluding diaryl/α,β-unsaturated/α-hetero) is 1. The summed E-state index contributed by atoms with van der Waals surface area (Å²) in [5.41, 5.74) is 3.49. The Balaban J connectivity index is 1.89. The Bertz CT molecular complexity index is 984. The second-order valence-electron chi connectivity index (χ2n) is 8.26. The number of aromatic hydroxyl groups is 1. The second-order valence-corrected chi connectivity index (χ2v) is 9.42. The molecule has 1 saturated carbocycles. The average molecular weight is 490 g/mol. The monoisotopic (exact) mass is 490 g/mol. The summed E-state index contributed by atoms with van der Waals surface area (Å²) < 4.78 is 6.04. The van der Waals surface area contributed by atoms with Crippen LogP contribution < -0.4 is 10.1 Å². The number of halogens is 1. The summed E-state index contributed by atoms with van der Waals surface area (Å²) in [6.45, 7) is 4.24. The number of carbonyl (C=O) groups excluding carboxylic acids is 1. The molecule has 0 bridgehead atoms. The number of hydrogen-bond acceptors (Lipinski definition) is 5. The molecule has 28 heavy (non-hydrogen) atoms. The van der Waals surface area contributed by atoms with Gasteiger partial charge in [-0.3, -0.25) is 9.79 Å². The normalized spacial score (nSPS) is 23.0. The molecule has 0 aromatic heterocycles. The van der Waals surface area contributed by atoms with Crippen molar-refractivity contribution in [2.75, 3.05) is 12.4 Å². The standard InChI is InChI=1S/C22H23IN2O3/c1-22(2)10-16-19(17(26)11-22)20(25-15-7-5-4-6-14(15)24-16)12-8-13(23)21(27)18(9-12)28-3/h4-9,19-20,25,27H,10-11H2,1-3H3/t19-,20+/m1/s1. The lowest BCUT2D eigenvalue weighted by molar-refractivity contribution is -0.124. The molecule has 146 valence electrons. The van der Waals surface area contributed by atoms with E-state index in [0.29, 0.717) is 15.7 Å². The van der Waals surface area contributed by atoms with Crippen LogP contribution in [0.25, 0.3) is 0 Å². The van der Waals surface area contributed by atoms with Crippen LogP contribution >= 0.6 is 22.6 Å². The molecule has 1 aliphatic heterocycles. The van der Waals surface area contributed by atoms with E-state index in [1.54, 1.807) is 0 Å². The van der Waals surface area contributed by atoms with Crippen molar-refractivity contribution in [3.05, 3.63) is 45.5 Å². The van der Waals surface area contributed by atoms with Gasteiger partial charge in [0.25, 0.3) is 0 Å². The number of ketones is 1. The van der Waals surface area contributed by atoms with E-state index >= 15 is 0 Å². The number of nitrogens with zero attached hydrogens (tertiary/aromatic N) is 1. The minimum atomic E-state index is -0.342. The van der Waals surface area contributed by atoms with Gasteiger partial charge in [-0.2, -0.15) is 0 Å². The summed E-state index contributed by atoms with van der Waals surface area (Å²) in [6.07, 6.45) is 1.31. The largest absolute Gasteiger partial charge is 0.504 e. The number of hydrogen-bond donors (Lipinski definition) is 2. The van der Waals surface area contributed by atoms with Crippen molar-refractivity contribution in [3.63, 3.8) is 0 Å². The van der Waals surface area contributed by atoms with E-state index in [2.05, 4.69) is 41.8 Å². The van der Waals surface area contributed by atoms with E-state index in [1.165, 1.54) is 7.11 Å². The predicted octanol–water partition coefficient (Wildman–Crippen LogP) is 5.25. The van der Waals surface area contributed by atoms with E-state index in [9.17, 15) is 9.90 Å². The smallest absolute Gasteiger partial charge is 0.171 e. The summed E-state index contributed by atoms with van der Waals surface area (Å²) in [6, 6.07) is 11.3. The molecule has 0 unspecified atom stereocenters. The highest BCUT2D eigenvalue weighted by molar-refractivity contribution is 14.1. The summed E-state index contributed by atoms with van der Waals surface area (Å²) in [4.78, 5) is 18.2. The molecular weight excluding hydrogens is 467 g/mol. The molecule has 0 spiro atoms. The summed E-state index contributed by atoms with van der Waals surface area (Å²) in [5, 5.41) is 13.8. The van der Waals surface area contributed by atoms with Gasteiger partial charge in [0, 0.05) is 12.1 Å². The van der Waals surface area contributed by atoms with Crippen LogP contribution in [-0.4, -0.2) is 23.7 Å². The Morgan fingerprint density at radius 2 is 2.00 bits per heavy atom. The summed E-state index contributed by atoms with van der Waals surface area (Å²) in [7, 11) is 1.53. The number of nitrogens with one attached hydrogen (secondary N) is 1. The highest BCUT2D eigenvalue weighted by Gasteiger charge is 2.44. The van der Waals surface area contributed by atoms with Crippen molar-refractivity contribution in [2.24, 2.45) is 16.3 Å². The molecule has 2 N–H and O–H groups in total. The molecule has 2 atom stereocenters. The van der Waals surface area contributed by atoms with Crippen LogP contribution in [0.1, 0.15) is 38.3 Å². The highest BCUT2D eigenvalue weighted by atomic mass is 127. The van der Waals surface area contributed by atoms with Gasteiger partial charge in [-0.05, 0) is 64.3 Å². The number of aliphatic imine (C=N–C) groups is 1. The zero-order valence-corrected chi connectivity index (χ0v) is 18.3. The first-order chi connectivity index (χ1) is 13.3. The van der Waals surface area contributed by atoms with E-state index in [0.717, 1.165) is 29.1 Å².